The molecular weight excluding hydrogens is 908 g/mol. The summed E-state index contributed by atoms with van der Waals surface area (Å²) in [5.74, 6) is 1.06. The molecule has 352 valence electrons. The van der Waals surface area contributed by atoms with E-state index in [1.54, 1.807) is 0 Å². The maximum atomic E-state index is 13.6. The molecular formula is C44H56O16P4-4. The van der Waals surface area contributed by atoms with Gasteiger partial charge in [-0.15, -0.1) is 0 Å². The summed E-state index contributed by atoms with van der Waals surface area (Å²) >= 11 is 0. The molecule has 16 nitrogen and oxygen atoms in total. The van der Waals surface area contributed by atoms with E-state index >= 15 is 0 Å². The first-order chi connectivity index (χ1) is 30.3. The molecule has 0 N–H and O–H groups in total. The van der Waals surface area contributed by atoms with E-state index in [1.165, 1.54) is 48.5 Å². The zero-order chi connectivity index (χ0) is 47.0. The monoisotopic (exact) mass is 964 g/mol. The van der Waals surface area contributed by atoms with E-state index in [0.29, 0.717) is 70.2 Å². The number of hydrogen-bond acceptors (Lipinski definition) is 16. The Balaban J connectivity index is 2.07. The van der Waals surface area contributed by atoms with Crippen LogP contribution in [0, 0.1) is 0 Å². The van der Waals surface area contributed by atoms with Crippen molar-refractivity contribution in [3.8, 4) is 23.0 Å². The highest BCUT2D eigenvalue weighted by Gasteiger charge is 2.29. The zero-order valence-corrected chi connectivity index (χ0v) is 41.0. The van der Waals surface area contributed by atoms with Crippen molar-refractivity contribution < 1.29 is 74.9 Å². The Labute approximate surface area is 375 Å². The Morgan fingerprint density at radius 1 is 0.359 bits per heavy atom. The second kappa shape index (κ2) is 22.0. The maximum Gasteiger partial charge on any atom is 0.164 e. The van der Waals surface area contributed by atoms with Gasteiger partial charge in [-0.2, -0.15) is 0 Å². The zero-order valence-electron chi connectivity index (χ0n) is 37.4. The summed E-state index contributed by atoms with van der Waals surface area (Å²) in [5, 5.41) is -0.878. The third-order valence-electron chi connectivity index (χ3n) is 10.5. The van der Waals surface area contributed by atoms with Crippen LogP contribution in [0.1, 0.15) is 97.9 Å². The van der Waals surface area contributed by atoms with Crippen LogP contribution in [0.15, 0.2) is 48.5 Å². The van der Waals surface area contributed by atoms with Crippen molar-refractivity contribution in [3.05, 3.63) is 93.0 Å². The smallest absolute Gasteiger partial charge is 0.164 e. The second-order valence-corrected chi connectivity index (χ2v) is 22.7. The Kier molecular flexibility index (Phi) is 17.7. The van der Waals surface area contributed by atoms with Crippen LogP contribution in [0.3, 0.4) is 0 Å². The molecule has 0 fully saturated rings. The minimum absolute atomic E-state index is 0.152. The normalized spacial score (nSPS) is 16.4. The minimum atomic E-state index is -4.74. The van der Waals surface area contributed by atoms with Crippen molar-refractivity contribution in [3.63, 3.8) is 0 Å². The number of fused-ring (bicyclic) bond motifs is 8. The predicted molar refractivity (Wildman–Crippen MR) is 237 cm³/mol. The van der Waals surface area contributed by atoms with Gasteiger partial charge in [0.2, 0.25) is 0 Å². The average Bonchev–Trinajstić information content (AvgIpc) is 3.27. The molecule has 0 spiro atoms. The summed E-state index contributed by atoms with van der Waals surface area (Å²) in [7, 11) is -14.8. The molecule has 4 aromatic rings. The fourth-order valence-electron chi connectivity index (χ4n) is 7.43. The molecule has 4 unspecified atom stereocenters. The highest BCUT2D eigenvalue weighted by molar-refractivity contribution is 7.60. The van der Waals surface area contributed by atoms with E-state index < -0.39 is 30.4 Å². The van der Waals surface area contributed by atoms with Gasteiger partial charge in [-0.1, -0.05) is 27.7 Å². The molecule has 5 rings (SSSR count). The molecule has 0 saturated carbocycles. The van der Waals surface area contributed by atoms with Gasteiger partial charge in [0, 0.05) is 75.3 Å². The van der Waals surface area contributed by atoms with Crippen LogP contribution >= 0.6 is 30.4 Å². The van der Waals surface area contributed by atoms with Gasteiger partial charge in [-0.05, 0) is 119 Å². The predicted octanol–water partition coefficient (Wildman–Crippen LogP) is 4.82. The van der Waals surface area contributed by atoms with Crippen molar-refractivity contribution in [2.75, 3.05) is 54.9 Å². The fourth-order valence-corrected chi connectivity index (χ4v) is 10.8. The minimum Gasteiger partial charge on any atom is -0.775 e. The van der Waals surface area contributed by atoms with Crippen LogP contribution in [0.25, 0.3) is 0 Å². The van der Waals surface area contributed by atoms with E-state index in [1.807, 2.05) is 27.7 Å². The van der Waals surface area contributed by atoms with E-state index in [0.717, 1.165) is 28.4 Å². The molecule has 0 radical (unpaired) electrons. The van der Waals surface area contributed by atoms with Gasteiger partial charge in [-0.3, -0.25) is 0 Å². The summed E-state index contributed by atoms with van der Waals surface area (Å²) in [6.45, 7) is 8.34. The van der Waals surface area contributed by atoms with Crippen molar-refractivity contribution >= 4 is 51.6 Å². The molecule has 4 aromatic carbocycles. The summed E-state index contributed by atoms with van der Waals surface area (Å²) in [6, 6.07) is 11.2. The quantitative estimate of drug-likeness (QED) is 0.0951. The number of benzene rings is 4. The lowest BCUT2D eigenvalue weighted by molar-refractivity contribution is -0.192. The first-order valence-electron chi connectivity index (χ1n) is 21.0. The highest BCUT2D eigenvalue weighted by Crippen LogP contribution is 2.46. The van der Waals surface area contributed by atoms with Crippen LogP contribution in [0.4, 0.5) is 0 Å². The molecule has 4 atom stereocenters. The van der Waals surface area contributed by atoms with Crippen LogP contribution in [-0.4, -0.2) is 54.9 Å². The van der Waals surface area contributed by atoms with Gasteiger partial charge in [0.05, 0.1) is 26.4 Å². The van der Waals surface area contributed by atoms with Crippen LogP contribution in [0.5, 0.6) is 23.0 Å². The SMILES string of the molecule is CCCOc1c2cc(P(=O)([O-])OC)cc1Cc1cc(P(=O)([O-])OC)cc(c1OCCC)Cc1cc(P(=O)([O-])OC)cc(c1OCCC)Cc1cc(P(=O)([O-])OC)cc(c1OCCC)C2. The van der Waals surface area contributed by atoms with Gasteiger partial charge >= 0.3 is 0 Å². The Hall–Kier alpha value is -3.32. The van der Waals surface area contributed by atoms with Crippen LogP contribution < -0.4 is 59.7 Å². The standard InChI is InChI=1S/C44H60O16P4/c1-9-13-57-41-29-17-31-23-38(62(47,48)54-6)25-33(42(31)58-14-10-2)19-35-27-40(64(51,52)56-8)28-36(44(35)60-16-12-4)20-34-26-39(63(49,50)55-7)24-32(43(34)59-15-11-3)18-30(41)22-37(21-29)61(45,46)53-5/h21-28H,9-20H2,1-8H3,(H,45,46)(H,47,48)(H,49,50)(H,51,52)/p-4. The Morgan fingerprint density at radius 3 is 0.641 bits per heavy atom. The average molecular weight is 965 g/mol. The fraction of sp³-hybridized carbons (Fsp3) is 0.455. The van der Waals surface area contributed by atoms with E-state index in [4.69, 9.17) is 37.0 Å². The summed E-state index contributed by atoms with van der Waals surface area (Å²) < 4.78 is 100. The first kappa shape index (κ1) is 51.7. The second-order valence-electron chi connectivity index (χ2n) is 15.2. The van der Waals surface area contributed by atoms with Gasteiger partial charge in [0.15, 0.2) is 30.4 Å². The Morgan fingerprint density at radius 2 is 0.516 bits per heavy atom. The lowest BCUT2D eigenvalue weighted by Gasteiger charge is -2.29. The third-order valence-corrected chi connectivity index (χ3v) is 15.9. The number of ether oxygens (including phenoxy) is 4. The lowest BCUT2D eigenvalue weighted by Crippen LogP contribution is -2.22. The Bertz CT molecular complexity index is 2070. The van der Waals surface area contributed by atoms with Gasteiger partial charge in [-0.25, -0.2) is 0 Å². The largest absolute Gasteiger partial charge is 0.775 e. The van der Waals surface area contributed by atoms with Crippen molar-refractivity contribution in [2.45, 2.75) is 79.1 Å². The molecule has 0 saturated heterocycles. The van der Waals surface area contributed by atoms with E-state index in [2.05, 4.69) is 0 Å². The van der Waals surface area contributed by atoms with Gasteiger partial charge in [0.1, 0.15) is 23.0 Å². The van der Waals surface area contributed by atoms with Crippen LogP contribution in [-0.2, 0) is 62.0 Å². The van der Waals surface area contributed by atoms with Gasteiger partial charge in [0.25, 0.3) is 0 Å². The topological polar surface area (TPSA) is 234 Å². The molecule has 8 bridgehead atoms. The molecule has 0 heterocycles. The maximum absolute atomic E-state index is 13.6. The molecule has 20 heteroatoms. The van der Waals surface area contributed by atoms with Crippen LogP contribution in [0.2, 0.25) is 0 Å². The van der Waals surface area contributed by atoms with Crippen molar-refractivity contribution in [1.29, 1.82) is 0 Å². The van der Waals surface area contributed by atoms with E-state index in [-0.39, 0.29) is 96.3 Å². The molecule has 0 aromatic heterocycles. The third kappa shape index (κ3) is 11.8. The number of hydrogen-bond donors (Lipinski definition) is 0. The molecule has 0 amide bonds. The van der Waals surface area contributed by atoms with Crippen molar-refractivity contribution in [1.82, 2.24) is 0 Å². The molecule has 1 aliphatic rings. The lowest BCUT2D eigenvalue weighted by atomic mass is 9.91. The van der Waals surface area contributed by atoms with Crippen molar-refractivity contribution in [2.24, 2.45) is 0 Å². The summed E-state index contributed by atoms with van der Waals surface area (Å²) in [6.07, 6.45) is 1.60. The molecule has 0 aliphatic heterocycles. The summed E-state index contributed by atoms with van der Waals surface area (Å²) in [5.41, 5.74) is 2.49. The van der Waals surface area contributed by atoms with Gasteiger partial charge < -0.3 is 74.9 Å². The molecule has 64 heavy (non-hydrogen) atoms. The van der Waals surface area contributed by atoms with E-state index in [9.17, 15) is 37.8 Å². The highest BCUT2D eigenvalue weighted by atomic mass is 31.2. The summed E-state index contributed by atoms with van der Waals surface area (Å²) in [4.78, 5) is 54.5. The number of rotatable bonds is 20. The first-order valence-corrected chi connectivity index (χ1v) is 27.1. The molecule has 1 aliphatic carbocycles.